The predicted molar refractivity (Wildman–Crippen MR) is 140 cm³/mol. The highest BCUT2D eigenvalue weighted by Crippen LogP contribution is 2.33. The first-order valence-corrected chi connectivity index (χ1v) is 11.7. The lowest BCUT2D eigenvalue weighted by atomic mass is 10.2. The Morgan fingerprint density at radius 1 is 1.28 bits per heavy atom. The van der Waals surface area contributed by atoms with Crippen molar-refractivity contribution in [3.05, 3.63) is 77.9 Å². The first kappa shape index (κ1) is 23.6. The zero-order valence-electron chi connectivity index (χ0n) is 18.9. The second-order valence-corrected chi connectivity index (χ2v) is 8.32. The van der Waals surface area contributed by atoms with Crippen LogP contribution in [-0.4, -0.2) is 37.9 Å². The molecular weight excluding hydrogens is 416 g/mol. The summed E-state index contributed by atoms with van der Waals surface area (Å²) in [6.45, 7) is 15.7. The number of rotatable bonds is 10. The molecule has 0 bridgehead atoms. The van der Waals surface area contributed by atoms with E-state index in [1.54, 1.807) is 18.0 Å². The average Bonchev–Trinajstić information content (AvgIpc) is 2.82. The van der Waals surface area contributed by atoms with Crippen molar-refractivity contribution >= 4 is 35.5 Å². The van der Waals surface area contributed by atoms with Gasteiger partial charge in [-0.3, -0.25) is 9.98 Å². The number of aromatic nitrogens is 1. The number of hydrogen-bond donors (Lipinski definition) is 3. The summed E-state index contributed by atoms with van der Waals surface area (Å²) in [5.74, 6) is 0. The zero-order valence-corrected chi connectivity index (χ0v) is 19.7. The predicted octanol–water partition coefficient (Wildman–Crippen LogP) is 5.40. The van der Waals surface area contributed by atoms with Gasteiger partial charge >= 0.3 is 0 Å². The van der Waals surface area contributed by atoms with Crippen molar-refractivity contribution in [2.45, 2.75) is 25.2 Å². The van der Waals surface area contributed by atoms with Gasteiger partial charge in [0.15, 0.2) is 0 Å². The van der Waals surface area contributed by atoms with Crippen LogP contribution in [0.25, 0.3) is 0 Å². The van der Waals surface area contributed by atoms with Crippen LogP contribution in [0.3, 0.4) is 0 Å². The lowest BCUT2D eigenvalue weighted by Gasteiger charge is -2.31. The fourth-order valence-electron chi connectivity index (χ4n) is 3.51. The number of benzene rings is 1. The Kier molecular flexibility index (Phi) is 8.95. The van der Waals surface area contributed by atoms with Crippen molar-refractivity contribution in [1.29, 1.82) is 0 Å². The van der Waals surface area contributed by atoms with Crippen LogP contribution in [0, 0.1) is 6.92 Å². The molecule has 0 radical (unpaired) electrons. The zero-order chi connectivity index (χ0) is 22.8. The molecule has 1 aromatic carbocycles. The summed E-state index contributed by atoms with van der Waals surface area (Å²) in [4.78, 5) is 12.2. The summed E-state index contributed by atoms with van der Waals surface area (Å²) in [6.07, 6.45) is 8.42. The number of piperazine rings is 1. The fraction of sp³-hybridized carbons (Fsp3) is 0.280. The van der Waals surface area contributed by atoms with Crippen LogP contribution in [0.4, 0.5) is 17.1 Å². The molecule has 2 heterocycles. The Hall–Kier alpha value is -3.03. The first-order chi connectivity index (χ1) is 15.7. The molecule has 168 valence electrons. The van der Waals surface area contributed by atoms with E-state index in [9.17, 15) is 0 Å². The minimum atomic E-state index is 0.789. The minimum absolute atomic E-state index is 0.789. The molecule has 6 nitrogen and oxygen atoms in total. The van der Waals surface area contributed by atoms with Crippen LogP contribution >= 0.6 is 11.8 Å². The Morgan fingerprint density at radius 2 is 2.09 bits per heavy atom. The van der Waals surface area contributed by atoms with Crippen molar-refractivity contribution in [3.63, 3.8) is 0 Å². The first-order valence-electron chi connectivity index (χ1n) is 10.8. The van der Waals surface area contributed by atoms with E-state index in [0.717, 1.165) is 66.0 Å². The van der Waals surface area contributed by atoms with Gasteiger partial charge in [0.2, 0.25) is 0 Å². The molecule has 0 amide bonds. The number of aliphatic imine (C=N–C) groups is 1. The Morgan fingerprint density at radius 3 is 2.81 bits per heavy atom. The quantitative estimate of drug-likeness (QED) is 0.257. The molecule has 0 atom stereocenters. The van der Waals surface area contributed by atoms with Gasteiger partial charge in [-0.1, -0.05) is 37.4 Å². The van der Waals surface area contributed by atoms with Crippen molar-refractivity contribution in [3.8, 4) is 0 Å². The fourth-order valence-corrected chi connectivity index (χ4v) is 4.34. The van der Waals surface area contributed by atoms with E-state index in [1.165, 1.54) is 5.56 Å². The second-order valence-electron chi connectivity index (χ2n) is 7.41. The molecule has 7 heteroatoms. The average molecular weight is 449 g/mol. The van der Waals surface area contributed by atoms with Gasteiger partial charge in [-0.05, 0) is 50.0 Å². The largest absolute Gasteiger partial charge is 0.367 e. The molecular formula is C25H32N6S. The molecule has 1 aromatic heterocycles. The molecule has 0 saturated carbocycles. The van der Waals surface area contributed by atoms with E-state index in [4.69, 9.17) is 0 Å². The molecule has 3 N–H and O–H groups in total. The lowest BCUT2D eigenvalue weighted by Crippen LogP contribution is -2.43. The van der Waals surface area contributed by atoms with Crippen LogP contribution in [0.15, 0.2) is 82.2 Å². The SMILES string of the molecule is C=CNc1cc(C)ccc1S/C=C(N=C)/C(=C/CC)Nc1cnccc1N1CCNCC1. The lowest BCUT2D eigenvalue weighted by molar-refractivity contribution is 0.589. The van der Waals surface area contributed by atoms with Gasteiger partial charge in [0.25, 0.3) is 0 Å². The molecule has 3 rings (SSSR count). The molecule has 0 unspecified atom stereocenters. The normalized spacial score (nSPS) is 14.8. The van der Waals surface area contributed by atoms with Gasteiger partial charge in [-0.25, -0.2) is 0 Å². The third-order valence-corrected chi connectivity index (χ3v) is 6.02. The van der Waals surface area contributed by atoms with Gasteiger partial charge in [-0.2, -0.15) is 0 Å². The summed E-state index contributed by atoms with van der Waals surface area (Å²) >= 11 is 1.60. The van der Waals surface area contributed by atoms with E-state index < -0.39 is 0 Å². The number of nitrogens with one attached hydrogen (secondary N) is 3. The van der Waals surface area contributed by atoms with Gasteiger partial charge in [0.1, 0.15) is 0 Å². The minimum Gasteiger partial charge on any atom is -0.367 e. The monoisotopic (exact) mass is 448 g/mol. The van der Waals surface area contributed by atoms with E-state index >= 15 is 0 Å². The van der Waals surface area contributed by atoms with Crippen molar-refractivity contribution in [2.75, 3.05) is 41.7 Å². The standard InChI is InChI=1S/C25H32N6S/c1-5-7-20(30-22-17-28-11-10-24(22)31-14-12-27-13-15-31)23(26-4)18-32-25-9-8-19(3)16-21(25)29-6-2/h6-11,16-18,27,29-30H,2,4-5,12-15H2,1,3H3/b20-7-,23-18-. The number of nitrogens with zero attached hydrogens (tertiary/aromatic N) is 3. The number of allylic oxidation sites excluding steroid dienone is 1. The van der Waals surface area contributed by atoms with Crippen LogP contribution in [-0.2, 0) is 0 Å². The Balaban J connectivity index is 1.86. The van der Waals surface area contributed by atoms with E-state index in [-0.39, 0.29) is 0 Å². The maximum absolute atomic E-state index is 4.35. The number of aryl methyl sites for hydroxylation is 1. The topological polar surface area (TPSA) is 64.6 Å². The Bertz CT molecular complexity index is 992. The molecule has 0 aliphatic carbocycles. The van der Waals surface area contributed by atoms with Gasteiger partial charge in [0, 0.05) is 42.7 Å². The van der Waals surface area contributed by atoms with Crippen molar-refractivity contribution < 1.29 is 0 Å². The van der Waals surface area contributed by atoms with E-state index in [1.807, 2.05) is 17.8 Å². The number of pyridine rings is 1. The van der Waals surface area contributed by atoms with Crippen molar-refractivity contribution in [2.24, 2.45) is 4.99 Å². The van der Waals surface area contributed by atoms with Gasteiger partial charge in [-0.15, -0.1) is 0 Å². The van der Waals surface area contributed by atoms with Crippen LogP contribution < -0.4 is 20.9 Å². The number of hydrogen-bond acceptors (Lipinski definition) is 7. The molecule has 1 fully saturated rings. The van der Waals surface area contributed by atoms with E-state index in [2.05, 4.69) is 88.3 Å². The highest BCUT2D eigenvalue weighted by molar-refractivity contribution is 8.02. The highest BCUT2D eigenvalue weighted by Gasteiger charge is 2.16. The van der Waals surface area contributed by atoms with Gasteiger partial charge < -0.3 is 20.9 Å². The summed E-state index contributed by atoms with van der Waals surface area (Å²) in [6, 6.07) is 8.37. The Labute approximate surface area is 195 Å². The maximum atomic E-state index is 4.35. The van der Waals surface area contributed by atoms with Crippen LogP contribution in [0.2, 0.25) is 0 Å². The van der Waals surface area contributed by atoms with Gasteiger partial charge in [0.05, 0.1) is 34.7 Å². The summed E-state index contributed by atoms with van der Waals surface area (Å²) in [5, 5.41) is 12.2. The van der Waals surface area contributed by atoms with Crippen LogP contribution in [0.1, 0.15) is 18.9 Å². The number of anilines is 3. The highest BCUT2D eigenvalue weighted by atomic mass is 32.2. The summed E-state index contributed by atoms with van der Waals surface area (Å²) in [7, 11) is 0. The van der Waals surface area contributed by atoms with Crippen molar-refractivity contribution in [1.82, 2.24) is 10.3 Å². The van der Waals surface area contributed by atoms with Crippen LogP contribution in [0.5, 0.6) is 0 Å². The smallest absolute Gasteiger partial charge is 0.0920 e. The molecule has 0 spiro atoms. The molecule has 1 saturated heterocycles. The molecule has 2 aromatic rings. The van der Waals surface area contributed by atoms with E-state index in [0.29, 0.717) is 0 Å². The summed E-state index contributed by atoms with van der Waals surface area (Å²) in [5.41, 5.74) is 6.04. The third-order valence-electron chi connectivity index (χ3n) is 5.07. The molecule has 1 aliphatic heterocycles. The molecule has 1 aliphatic rings. The number of thioether (sulfide) groups is 1. The molecule has 32 heavy (non-hydrogen) atoms. The summed E-state index contributed by atoms with van der Waals surface area (Å²) < 4.78 is 0. The maximum Gasteiger partial charge on any atom is 0.0920 e. The third kappa shape index (κ3) is 6.24. The second kappa shape index (κ2) is 12.1.